The molecule has 6 rings (SSSR count). The van der Waals surface area contributed by atoms with Gasteiger partial charge < -0.3 is 14.8 Å². The summed E-state index contributed by atoms with van der Waals surface area (Å²) in [5.74, 6) is 4.52. The molecule has 0 amide bonds. The molecular weight excluding hydrogens is 462 g/mol. The summed E-state index contributed by atoms with van der Waals surface area (Å²) in [6.45, 7) is 5.91. The number of methoxy groups -OCH3 is 1. The minimum Gasteiger partial charge on any atom is -0.493 e. The second-order valence-corrected chi connectivity index (χ2v) is 11.6. The van der Waals surface area contributed by atoms with Crippen molar-refractivity contribution in [3.63, 3.8) is 0 Å². The third-order valence-electron chi connectivity index (χ3n) is 8.37. The van der Waals surface area contributed by atoms with E-state index in [1.807, 2.05) is 0 Å². The molecule has 32 heavy (non-hydrogen) atoms. The molecule has 0 radical (unpaired) electrons. The van der Waals surface area contributed by atoms with E-state index >= 15 is 0 Å². The van der Waals surface area contributed by atoms with E-state index in [-0.39, 0.29) is 0 Å². The topological polar surface area (TPSA) is 30.5 Å². The lowest BCUT2D eigenvalue weighted by Crippen LogP contribution is -2.54. The van der Waals surface area contributed by atoms with Crippen molar-refractivity contribution in [1.82, 2.24) is 5.32 Å². The first-order valence-corrected chi connectivity index (χ1v) is 13.0. The molecule has 4 saturated carbocycles. The summed E-state index contributed by atoms with van der Waals surface area (Å²) in [4.78, 5) is 0. The SMILES string of the molecule is COc1cc(CNC(C)C23CC4CC(CC(C4)C2)C3)cc(Br)c1OCc1cccc(C)c1. The predicted molar refractivity (Wildman–Crippen MR) is 133 cm³/mol. The second kappa shape index (κ2) is 9.02. The van der Waals surface area contributed by atoms with Gasteiger partial charge in [-0.2, -0.15) is 0 Å². The van der Waals surface area contributed by atoms with Crippen LogP contribution in [0.4, 0.5) is 0 Å². The van der Waals surface area contributed by atoms with Crippen molar-refractivity contribution in [3.05, 3.63) is 57.6 Å². The monoisotopic (exact) mass is 497 g/mol. The van der Waals surface area contributed by atoms with Crippen LogP contribution in [0.2, 0.25) is 0 Å². The first-order chi connectivity index (χ1) is 15.4. The molecule has 4 aliphatic carbocycles. The fraction of sp³-hybridized carbons (Fsp3) is 0.571. The molecule has 2 aromatic rings. The Morgan fingerprint density at radius 1 is 1.03 bits per heavy atom. The molecule has 0 saturated heterocycles. The normalized spacial score (nSPS) is 29.2. The van der Waals surface area contributed by atoms with Gasteiger partial charge in [0.25, 0.3) is 0 Å². The Bertz CT molecular complexity index is 937. The lowest BCUT2D eigenvalue weighted by Gasteiger charge is -2.59. The molecule has 4 aliphatic rings. The fourth-order valence-electron chi connectivity index (χ4n) is 7.17. The zero-order chi connectivity index (χ0) is 22.3. The van der Waals surface area contributed by atoms with Crippen molar-refractivity contribution >= 4 is 15.9 Å². The fourth-order valence-corrected chi connectivity index (χ4v) is 7.77. The van der Waals surface area contributed by atoms with Crippen molar-refractivity contribution in [2.45, 2.75) is 71.6 Å². The van der Waals surface area contributed by atoms with Crippen LogP contribution in [0.3, 0.4) is 0 Å². The van der Waals surface area contributed by atoms with Gasteiger partial charge in [-0.3, -0.25) is 0 Å². The zero-order valence-corrected chi connectivity index (χ0v) is 21.2. The maximum Gasteiger partial charge on any atom is 0.175 e. The number of nitrogens with one attached hydrogen (secondary N) is 1. The first kappa shape index (κ1) is 22.3. The van der Waals surface area contributed by atoms with E-state index in [9.17, 15) is 0 Å². The Kier molecular flexibility index (Phi) is 6.28. The van der Waals surface area contributed by atoms with Crippen molar-refractivity contribution in [2.24, 2.45) is 23.2 Å². The molecule has 3 nitrogen and oxygen atoms in total. The van der Waals surface area contributed by atoms with Crippen LogP contribution < -0.4 is 14.8 Å². The molecule has 1 unspecified atom stereocenters. The summed E-state index contributed by atoms with van der Waals surface area (Å²) >= 11 is 3.73. The lowest BCUT2D eigenvalue weighted by molar-refractivity contribution is -0.0706. The predicted octanol–water partition coefficient (Wildman–Crippen LogP) is 7.04. The highest BCUT2D eigenvalue weighted by molar-refractivity contribution is 9.10. The van der Waals surface area contributed by atoms with Crippen LogP contribution >= 0.6 is 15.9 Å². The summed E-state index contributed by atoms with van der Waals surface area (Å²) in [5.41, 5.74) is 4.15. The minimum atomic E-state index is 0.521. The highest BCUT2D eigenvalue weighted by Crippen LogP contribution is 2.61. The number of rotatable bonds is 8. The number of benzene rings is 2. The molecule has 4 heteroatoms. The molecule has 2 aromatic carbocycles. The van der Waals surface area contributed by atoms with Crippen LogP contribution in [0, 0.1) is 30.1 Å². The highest BCUT2D eigenvalue weighted by Gasteiger charge is 2.52. The van der Waals surface area contributed by atoms with Gasteiger partial charge in [0, 0.05) is 12.6 Å². The summed E-state index contributed by atoms with van der Waals surface area (Å²) in [7, 11) is 1.72. The van der Waals surface area contributed by atoms with Gasteiger partial charge in [-0.15, -0.1) is 0 Å². The Labute approximate surface area is 201 Å². The summed E-state index contributed by atoms with van der Waals surface area (Å²) in [6, 6.07) is 13.3. The second-order valence-electron chi connectivity index (χ2n) is 10.8. The average Bonchev–Trinajstić information content (AvgIpc) is 2.75. The van der Waals surface area contributed by atoms with Crippen molar-refractivity contribution in [3.8, 4) is 11.5 Å². The van der Waals surface area contributed by atoms with E-state index in [1.165, 1.54) is 49.7 Å². The molecule has 1 atom stereocenters. The van der Waals surface area contributed by atoms with E-state index < -0.39 is 0 Å². The molecule has 0 aliphatic heterocycles. The maximum absolute atomic E-state index is 6.15. The third kappa shape index (κ3) is 4.46. The van der Waals surface area contributed by atoms with Gasteiger partial charge in [-0.05, 0) is 115 Å². The molecule has 172 valence electrons. The summed E-state index contributed by atoms with van der Waals surface area (Å²) in [5, 5.41) is 3.90. The average molecular weight is 499 g/mol. The third-order valence-corrected chi connectivity index (χ3v) is 8.96. The van der Waals surface area contributed by atoms with Gasteiger partial charge in [0.1, 0.15) is 6.61 Å². The van der Waals surface area contributed by atoms with Crippen LogP contribution in [-0.4, -0.2) is 13.2 Å². The molecular formula is C28H36BrNO2. The number of aryl methyl sites for hydroxylation is 1. The Morgan fingerprint density at radius 3 is 2.34 bits per heavy atom. The maximum atomic E-state index is 6.15. The van der Waals surface area contributed by atoms with Crippen molar-refractivity contribution in [2.75, 3.05) is 7.11 Å². The van der Waals surface area contributed by atoms with Crippen LogP contribution in [0.25, 0.3) is 0 Å². The van der Waals surface area contributed by atoms with E-state index in [2.05, 4.69) is 71.5 Å². The molecule has 0 aromatic heterocycles. The first-order valence-electron chi connectivity index (χ1n) is 12.2. The number of hydrogen-bond acceptors (Lipinski definition) is 3. The van der Waals surface area contributed by atoms with E-state index in [0.29, 0.717) is 18.1 Å². The largest absolute Gasteiger partial charge is 0.493 e. The quantitative estimate of drug-likeness (QED) is 0.424. The van der Waals surface area contributed by atoms with Gasteiger partial charge in [-0.1, -0.05) is 29.8 Å². The van der Waals surface area contributed by atoms with Crippen LogP contribution in [0.1, 0.15) is 62.1 Å². The standard InChI is InChI=1S/C28H36BrNO2/c1-18-5-4-6-20(7-18)17-32-27-25(29)11-24(12-26(27)31-3)16-30-19(2)28-13-21-8-22(14-28)10-23(9-21)15-28/h4-7,11-12,19,21-23,30H,8-10,13-17H2,1-3H3. The molecule has 4 fully saturated rings. The minimum absolute atomic E-state index is 0.521. The summed E-state index contributed by atoms with van der Waals surface area (Å²) < 4.78 is 12.8. The van der Waals surface area contributed by atoms with E-state index in [4.69, 9.17) is 9.47 Å². The van der Waals surface area contributed by atoms with Crippen molar-refractivity contribution in [1.29, 1.82) is 0 Å². The zero-order valence-electron chi connectivity index (χ0n) is 19.6. The van der Waals surface area contributed by atoms with Crippen LogP contribution in [0.5, 0.6) is 11.5 Å². The Balaban J connectivity index is 1.25. The Morgan fingerprint density at radius 2 is 1.72 bits per heavy atom. The smallest absolute Gasteiger partial charge is 0.175 e. The molecule has 0 spiro atoms. The summed E-state index contributed by atoms with van der Waals surface area (Å²) in [6.07, 6.45) is 8.81. The Hall–Kier alpha value is -1.52. The number of halogens is 1. The van der Waals surface area contributed by atoms with E-state index in [1.54, 1.807) is 7.11 Å². The molecule has 0 heterocycles. The van der Waals surface area contributed by atoms with Crippen LogP contribution in [0.15, 0.2) is 40.9 Å². The van der Waals surface area contributed by atoms with Gasteiger partial charge in [0.2, 0.25) is 0 Å². The van der Waals surface area contributed by atoms with Crippen molar-refractivity contribution < 1.29 is 9.47 Å². The van der Waals surface area contributed by atoms with Gasteiger partial charge in [-0.25, -0.2) is 0 Å². The molecule has 4 bridgehead atoms. The lowest BCUT2D eigenvalue weighted by atomic mass is 9.48. The van der Waals surface area contributed by atoms with E-state index in [0.717, 1.165) is 45.8 Å². The van der Waals surface area contributed by atoms with Gasteiger partial charge in [0.15, 0.2) is 11.5 Å². The number of ether oxygens (including phenoxy) is 2. The van der Waals surface area contributed by atoms with Crippen LogP contribution in [-0.2, 0) is 13.2 Å². The highest BCUT2D eigenvalue weighted by atomic mass is 79.9. The number of hydrogen-bond donors (Lipinski definition) is 1. The van der Waals surface area contributed by atoms with Gasteiger partial charge in [0.05, 0.1) is 11.6 Å². The molecule has 1 N–H and O–H groups in total. The van der Waals surface area contributed by atoms with Gasteiger partial charge >= 0.3 is 0 Å².